The van der Waals surface area contributed by atoms with Crippen molar-refractivity contribution >= 4 is 15.9 Å². The Morgan fingerprint density at radius 1 is 1.25 bits per heavy atom. The lowest BCUT2D eigenvalue weighted by Crippen LogP contribution is -2.22. The molecule has 1 aliphatic carbocycles. The van der Waals surface area contributed by atoms with E-state index in [4.69, 9.17) is 9.47 Å². The van der Waals surface area contributed by atoms with Gasteiger partial charge in [-0.05, 0) is 36.6 Å². The molecular formula is C16H22BrNO2. The van der Waals surface area contributed by atoms with E-state index in [1.165, 1.54) is 24.8 Å². The van der Waals surface area contributed by atoms with Crippen LogP contribution in [0.1, 0.15) is 44.2 Å². The highest BCUT2D eigenvalue weighted by atomic mass is 79.9. The molecule has 4 heteroatoms. The average Bonchev–Trinajstić information content (AvgIpc) is 3.24. The maximum Gasteiger partial charge on any atom is 0.162 e. The first kappa shape index (κ1) is 14.2. The predicted octanol–water partition coefficient (Wildman–Crippen LogP) is 4.06. The first-order chi connectivity index (χ1) is 9.78. The third-order valence-corrected chi connectivity index (χ3v) is 4.65. The quantitative estimate of drug-likeness (QED) is 0.877. The first-order valence-corrected chi connectivity index (χ1v) is 8.39. The standard InChI is InChI=1S/C16H22BrNO2/c1-2-18-14(8-11-4-5-11)12-9-15-16(10-13(12)17)20-7-3-6-19-15/h9-11,14,18H,2-8H2,1H3. The van der Waals surface area contributed by atoms with Gasteiger partial charge in [0.1, 0.15) is 0 Å². The molecule has 1 atom stereocenters. The lowest BCUT2D eigenvalue weighted by molar-refractivity contribution is 0.297. The van der Waals surface area contributed by atoms with Crippen molar-refractivity contribution < 1.29 is 9.47 Å². The second-order valence-electron chi connectivity index (χ2n) is 5.66. The summed E-state index contributed by atoms with van der Waals surface area (Å²) in [5.74, 6) is 2.64. The number of hydrogen-bond acceptors (Lipinski definition) is 3. The molecule has 3 rings (SSSR count). The molecule has 1 aromatic rings. The van der Waals surface area contributed by atoms with Gasteiger partial charge in [0.15, 0.2) is 11.5 Å². The van der Waals surface area contributed by atoms with Crippen LogP contribution >= 0.6 is 15.9 Å². The minimum Gasteiger partial charge on any atom is -0.490 e. The largest absolute Gasteiger partial charge is 0.490 e. The molecule has 1 aromatic carbocycles. The summed E-state index contributed by atoms with van der Waals surface area (Å²) in [5, 5.41) is 3.61. The third-order valence-electron chi connectivity index (χ3n) is 3.96. The van der Waals surface area contributed by atoms with Gasteiger partial charge >= 0.3 is 0 Å². The molecule has 0 amide bonds. The van der Waals surface area contributed by atoms with Gasteiger partial charge in [-0.3, -0.25) is 0 Å². The average molecular weight is 340 g/mol. The first-order valence-electron chi connectivity index (χ1n) is 7.60. The lowest BCUT2D eigenvalue weighted by Gasteiger charge is -2.21. The van der Waals surface area contributed by atoms with Gasteiger partial charge in [-0.15, -0.1) is 0 Å². The number of nitrogens with one attached hydrogen (secondary N) is 1. The van der Waals surface area contributed by atoms with Crippen LogP contribution in [-0.2, 0) is 0 Å². The molecule has 0 bridgehead atoms. The number of halogens is 1. The molecule has 0 spiro atoms. The molecule has 1 aliphatic heterocycles. The van der Waals surface area contributed by atoms with Crippen LogP contribution in [0.2, 0.25) is 0 Å². The Labute approximate surface area is 129 Å². The topological polar surface area (TPSA) is 30.5 Å². The van der Waals surface area contributed by atoms with Gasteiger partial charge in [-0.2, -0.15) is 0 Å². The summed E-state index contributed by atoms with van der Waals surface area (Å²) in [6, 6.07) is 4.62. The van der Waals surface area contributed by atoms with E-state index >= 15 is 0 Å². The van der Waals surface area contributed by atoms with Crippen molar-refractivity contribution in [1.82, 2.24) is 5.32 Å². The molecule has 1 saturated carbocycles. The number of benzene rings is 1. The van der Waals surface area contributed by atoms with E-state index in [1.54, 1.807) is 0 Å². The maximum absolute atomic E-state index is 5.82. The van der Waals surface area contributed by atoms with Crippen LogP contribution in [0, 0.1) is 5.92 Å². The minimum absolute atomic E-state index is 0.402. The molecule has 1 N–H and O–H groups in total. The smallest absolute Gasteiger partial charge is 0.162 e. The van der Waals surface area contributed by atoms with Crippen molar-refractivity contribution in [3.8, 4) is 11.5 Å². The molecular weight excluding hydrogens is 318 g/mol. The summed E-state index contributed by atoms with van der Waals surface area (Å²) in [6.45, 7) is 4.62. The normalized spacial score (nSPS) is 19.5. The van der Waals surface area contributed by atoms with Crippen LogP contribution in [0.15, 0.2) is 16.6 Å². The summed E-state index contributed by atoms with van der Waals surface area (Å²) in [5.41, 5.74) is 1.29. The van der Waals surface area contributed by atoms with E-state index < -0.39 is 0 Å². The Bertz CT molecular complexity index is 474. The van der Waals surface area contributed by atoms with Gasteiger partial charge in [0.05, 0.1) is 13.2 Å². The zero-order valence-electron chi connectivity index (χ0n) is 12.0. The highest BCUT2D eigenvalue weighted by molar-refractivity contribution is 9.10. The van der Waals surface area contributed by atoms with E-state index in [0.717, 1.165) is 48.1 Å². The van der Waals surface area contributed by atoms with Gasteiger partial charge in [-0.25, -0.2) is 0 Å². The molecule has 20 heavy (non-hydrogen) atoms. The van der Waals surface area contributed by atoms with Gasteiger partial charge in [-0.1, -0.05) is 35.7 Å². The zero-order valence-corrected chi connectivity index (χ0v) is 13.5. The molecule has 2 aliphatic rings. The van der Waals surface area contributed by atoms with Crippen LogP contribution in [0.5, 0.6) is 11.5 Å². The van der Waals surface area contributed by atoms with Crippen LogP contribution in [0.25, 0.3) is 0 Å². The van der Waals surface area contributed by atoms with E-state index in [1.807, 2.05) is 0 Å². The molecule has 0 saturated heterocycles. The van der Waals surface area contributed by atoms with Crippen molar-refractivity contribution in [2.24, 2.45) is 5.92 Å². The third kappa shape index (κ3) is 3.29. The van der Waals surface area contributed by atoms with Crippen molar-refractivity contribution in [1.29, 1.82) is 0 Å². The molecule has 0 radical (unpaired) electrons. The van der Waals surface area contributed by atoms with Crippen LogP contribution in [-0.4, -0.2) is 19.8 Å². The Hall–Kier alpha value is -0.740. The van der Waals surface area contributed by atoms with Gasteiger partial charge in [0.25, 0.3) is 0 Å². The van der Waals surface area contributed by atoms with Crippen LogP contribution in [0.3, 0.4) is 0 Å². The Morgan fingerprint density at radius 3 is 2.60 bits per heavy atom. The highest BCUT2D eigenvalue weighted by Crippen LogP contribution is 2.42. The fourth-order valence-corrected chi connectivity index (χ4v) is 3.32. The Balaban J connectivity index is 1.87. The number of hydrogen-bond donors (Lipinski definition) is 1. The molecule has 1 fully saturated rings. The van der Waals surface area contributed by atoms with E-state index in [-0.39, 0.29) is 0 Å². The zero-order chi connectivity index (χ0) is 13.9. The summed E-state index contributed by atoms with van der Waals surface area (Å²) < 4.78 is 12.7. The monoisotopic (exact) mass is 339 g/mol. The van der Waals surface area contributed by atoms with Crippen molar-refractivity contribution in [3.05, 3.63) is 22.2 Å². The predicted molar refractivity (Wildman–Crippen MR) is 83.5 cm³/mol. The fraction of sp³-hybridized carbons (Fsp3) is 0.625. The van der Waals surface area contributed by atoms with Crippen LogP contribution < -0.4 is 14.8 Å². The summed E-state index contributed by atoms with van der Waals surface area (Å²) in [4.78, 5) is 0. The van der Waals surface area contributed by atoms with E-state index in [0.29, 0.717) is 6.04 Å². The lowest BCUT2D eigenvalue weighted by atomic mass is 10.0. The summed E-state index contributed by atoms with van der Waals surface area (Å²) in [6.07, 6.45) is 4.92. The van der Waals surface area contributed by atoms with Gasteiger partial charge < -0.3 is 14.8 Å². The maximum atomic E-state index is 5.82. The fourth-order valence-electron chi connectivity index (χ4n) is 2.72. The second-order valence-corrected chi connectivity index (χ2v) is 6.51. The number of fused-ring (bicyclic) bond motifs is 1. The van der Waals surface area contributed by atoms with E-state index in [2.05, 4.69) is 40.3 Å². The molecule has 1 unspecified atom stereocenters. The Kier molecular flexibility index (Phi) is 4.51. The number of ether oxygens (including phenoxy) is 2. The molecule has 0 aromatic heterocycles. The van der Waals surface area contributed by atoms with Gasteiger partial charge in [0, 0.05) is 16.9 Å². The van der Waals surface area contributed by atoms with E-state index in [9.17, 15) is 0 Å². The van der Waals surface area contributed by atoms with Gasteiger partial charge in [0.2, 0.25) is 0 Å². The minimum atomic E-state index is 0.402. The summed E-state index contributed by atoms with van der Waals surface area (Å²) >= 11 is 3.71. The Morgan fingerprint density at radius 2 is 1.95 bits per heavy atom. The highest BCUT2D eigenvalue weighted by Gasteiger charge is 2.28. The molecule has 3 nitrogen and oxygen atoms in total. The second kappa shape index (κ2) is 6.35. The van der Waals surface area contributed by atoms with Crippen molar-refractivity contribution in [3.63, 3.8) is 0 Å². The molecule has 110 valence electrons. The summed E-state index contributed by atoms with van der Waals surface area (Å²) in [7, 11) is 0. The van der Waals surface area contributed by atoms with Crippen LogP contribution in [0.4, 0.5) is 0 Å². The number of rotatable bonds is 5. The van der Waals surface area contributed by atoms with Crippen molar-refractivity contribution in [2.45, 2.75) is 38.6 Å². The molecule has 1 heterocycles. The van der Waals surface area contributed by atoms with Crippen molar-refractivity contribution in [2.75, 3.05) is 19.8 Å². The SMILES string of the molecule is CCNC(CC1CC1)c1cc2c(cc1Br)OCCCO2.